The molecule has 1 aliphatic heterocycles. The summed E-state index contributed by atoms with van der Waals surface area (Å²) in [6.07, 6.45) is -15.5. The van der Waals surface area contributed by atoms with Crippen LogP contribution in [-0.2, 0) is 20.9 Å². The van der Waals surface area contributed by atoms with Crippen molar-refractivity contribution in [2.75, 3.05) is 0 Å². The molecule has 0 saturated carbocycles. The van der Waals surface area contributed by atoms with Crippen LogP contribution in [-0.4, -0.2) is 18.5 Å². The third-order valence-corrected chi connectivity index (χ3v) is 5.04. The summed E-state index contributed by atoms with van der Waals surface area (Å²) < 4.78 is 135. The maximum atomic E-state index is 14.5. The Labute approximate surface area is 187 Å². The van der Waals surface area contributed by atoms with Gasteiger partial charge in [-0.3, -0.25) is 0 Å². The first-order valence-corrected chi connectivity index (χ1v) is 9.38. The largest absolute Gasteiger partial charge is 0.460 e. The highest BCUT2D eigenvalue weighted by atomic mass is 19.4. The quantitative estimate of drug-likeness (QED) is 0.407. The molecular formula is C23H15F9O2. The van der Waals surface area contributed by atoms with Gasteiger partial charge in [0, 0.05) is 11.1 Å². The summed E-state index contributed by atoms with van der Waals surface area (Å²) in [5.41, 5.74) is -5.70. The van der Waals surface area contributed by atoms with Crippen LogP contribution < -0.4 is 0 Å². The number of alkyl halides is 9. The number of hydrogen-bond acceptors (Lipinski definition) is 2. The van der Waals surface area contributed by atoms with Gasteiger partial charge in [0.1, 0.15) is 0 Å². The molecule has 0 unspecified atom stereocenters. The summed E-state index contributed by atoms with van der Waals surface area (Å²) in [7, 11) is 0. The van der Waals surface area contributed by atoms with E-state index in [9.17, 15) is 39.5 Å². The van der Waals surface area contributed by atoms with E-state index in [0.717, 1.165) is 36.4 Å². The zero-order valence-electron chi connectivity index (χ0n) is 17.0. The van der Waals surface area contributed by atoms with Crippen LogP contribution in [0.3, 0.4) is 0 Å². The molecule has 0 amide bonds. The van der Waals surface area contributed by atoms with E-state index in [2.05, 4.69) is 22.6 Å². The van der Waals surface area contributed by atoms with Gasteiger partial charge in [0.05, 0.1) is 6.08 Å². The molecule has 2 atom stereocenters. The van der Waals surface area contributed by atoms with Crippen LogP contribution in [0.2, 0.25) is 0 Å². The van der Waals surface area contributed by atoms with Gasteiger partial charge in [-0.15, -0.1) is 0 Å². The Hall–Kier alpha value is -3.21. The van der Waals surface area contributed by atoms with Crippen LogP contribution in [0.25, 0.3) is 12.2 Å². The van der Waals surface area contributed by atoms with Crippen LogP contribution in [0.15, 0.2) is 73.5 Å². The van der Waals surface area contributed by atoms with E-state index in [1.54, 1.807) is 0 Å². The van der Waals surface area contributed by atoms with Crippen LogP contribution in [0.1, 0.15) is 22.3 Å². The molecule has 182 valence electrons. The summed E-state index contributed by atoms with van der Waals surface area (Å²) in [4.78, 5) is 0. The standard InChI is InChI=1S/C23H15F9O2/c1-3-14-5-9-16(10-6-14)20(22(27,28)29)18(13-19(24,25)26)33-21(34-20,23(30,31)32)17-11-7-15(4-2)8-12-17/h3-13H,1-2H2/b18-13-/t20-,21+/m1/s1. The van der Waals surface area contributed by atoms with Gasteiger partial charge in [-0.25, -0.2) is 0 Å². The SMILES string of the molecule is C=Cc1ccc([C@]2(C(F)(F)F)O/C(=C\C(F)(F)F)[C@](c3ccc(C=C)cc3)(C(F)(F)F)O2)cc1. The van der Waals surface area contributed by atoms with Gasteiger partial charge < -0.3 is 9.47 Å². The van der Waals surface area contributed by atoms with Crippen molar-refractivity contribution in [3.05, 3.63) is 95.8 Å². The maximum Gasteiger partial charge on any atom is 0.460 e. The van der Waals surface area contributed by atoms with Gasteiger partial charge >= 0.3 is 24.3 Å². The number of hydrogen-bond donors (Lipinski definition) is 0. The Morgan fingerprint density at radius 3 is 1.44 bits per heavy atom. The average Bonchev–Trinajstić information content (AvgIpc) is 3.09. The molecule has 0 aromatic heterocycles. The summed E-state index contributed by atoms with van der Waals surface area (Å²) in [5.74, 6) is -6.31. The number of ether oxygens (including phenoxy) is 2. The van der Waals surface area contributed by atoms with Crippen LogP contribution in [0.4, 0.5) is 39.5 Å². The Morgan fingerprint density at radius 2 is 1.09 bits per heavy atom. The van der Waals surface area contributed by atoms with Crippen molar-refractivity contribution >= 4 is 12.2 Å². The maximum absolute atomic E-state index is 14.5. The fourth-order valence-electron chi connectivity index (χ4n) is 3.45. The number of rotatable bonds is 4. The van der Waals surface area contributed by atoms with Crippen molar-refractivity contribution in [1.82, 2.24) is 0 Å². The first-order chi connectivity index (χ1) is 15.6. The molecule has 0 bridgehead atoms. The van der Waals surface area contributed by atoms with E-state index in [4.69, 9.17) is 0 Å². The predicted octanol–water partition coefficient (Wildman–Crippen LogP) is 7.64. The van der Waals surface area contributed by atoms with Crippen molar-refractivity contribution in [1.29, 1.82) is 0 Å². The lowest BCUT2D eigenvalue weighted by molar-refractivity contribution is -0.386. The van der Waals surface area contributed by atoms with Crippen LogP contribution in [0, 0.1) is 0 Å². The van der Waals surface area contributed by atoms with Gasteiger partial charge in [0.2, 0.25) is 5.60 Å². The minimum Gasteiger partial charge on any atom is -0.450 e. The van der Waals surface area contributed by atoms with Crippen molar-refractivity contribution in [3.63, 3.8) is 0 Å². The fraction of sp³-hybridized carbons (Fsp3) is 0.217. The lowest BCUT2D eigenvalue weighted by Gasteiger charge is -2.34. The Bertz CT molecular complexity index is 1090. The highest BCUT2D eigenvalue weighted by Gasteiger charge is 2.77. The molecule has 1 fully saturated rings. The minimum absolute atomic E-state index is 0.267. The topological polar surface area (TPSA) is 18.5 Å². The van der Waals surface area contributed by atoms with Gasteiger partial charge in [-0.1, -0.05) is 73.8 Å². The van der Waals surface area contributed by atoms with Gasteiger partial charge in [-0.05, 0) is 11.1 Å². The highest BCUT2D eigenvalue weighted by molar-refractivity contribution is 5.50. The van der Waals surface area contributed by atoms with Crippen molar-refractivity contribution in [2.24, 2.45) is 0 Å². The molecule has 2 aromatic rings. The van der Waals surface area contributed by atoms with Crippen molar-refractivity contribution in [3.8, 4) is 0 Å². The number of halogens is 9. The summed E-state index contributed by atoms with van der Waals surface area (Å²) in [5, 5.41) is 0. The molecule has 2 nitrogen and oxygen atoms in total. The second kappa shape index (κ2) is 8.23. The number of allylic oxidation sites excluding steroid dienone is 1. The molecule has 0 aliphatic carbocycles. The molecule has 1 saturated heterocycles. The first-order valence-electron chi connectivity index (χ1n) is 9.38. The summed E-state index contributed by atoms with van der Waals surface area (Å²) in [6.45, 7) is 6.81. The normalized spacial score (nSPS) is 24.7. The van der Waals surface area contributed by atoms with Gasteiger partial charge in [0.15, 0.2) is 5.76 Å². The lowest BCUT2D eigenvalue weighted by Crippen LogP contribution is -2.49. The molecule has 3 rings (SSSR count). The van der Waals surface area contributed by atoms with E-state index in [-0.39, 0.29) is 5.56 Å². The molecule has 2 aromatic carbocycles. The molecule has 0 radical (unpaired) electrons. The molecule has 0 N–H and O–H groups in total. The Balaban J connectivity index is 2.39. The van der Waals surface area contributed by atoms with E-state index < -0.39 is 52.9 Å². The summed E-state index contributed by atoms with van der Waals surface area (Å²) in [6, 6.07) is 7.10. The minimum atomic E-state index is -5.80. The smallest absolute Gasteiger partial charge is 0.450 e. The van der Waals surface area contributed by atoms with E-state index in [0.29, 0.717) is 17.7 Å². The van der Waals surface area contributed by atoms with Crippen LogP contribution in [0.5, 0.6) is 0 Å². The van der Waals surface area contributed by atoms with Gasteiger partial charge in [-0.2, -0.15) is 39.5 Å². The van der Waals surface area contributed by atoms with Gasteiger partial charge in [0.25, 0.3) is 0 Å². The third-order valence-electron chi connectivity index (χ3n) is 5.04. The fourth-order valence-corrected chi connectivity index (χ4v) is 3.45. The molecule has 0 spiro atoms. The molecule has 1 aliphatic rings. The molecule has 1 heterocycles. The zero-order chi connectivity index (χ0) is 25.6. The van der Waals surface area contributed by atoms with E-state index in [1.807, 2.05) is 0 Å². The zero-order valence-corrected chi connectivity index (χ0v) is 17.0. The van der Waals surface area contributed by atoms with Crippen molar-refractivity contribution in [2.45, 2.75) is 29.9 Å². The Kier molecular flexibility index (Phi) is 6.15. The predicted molar refractivity (Wildman–Crippen MR) is 105 cm³/mol. The van der Waals surface area contributed by atoms with E-state index in [1.165, 1.54) is 12.2 Å². The second-order valence-corrected chi connectivity index (χ2v) is 7.20. The molecule has 11 heteroatoms. The van der Waals surface area contributed by atoms with Crippen LogP contribution >= 0.6 is 0 Å². The Morgan fingerprint density at radius 1 is 0.647 bits per heavy atom. The monoisotopic (exact) mass is 494 g/mol. The second-order valence-electron chi connectivity index (χ2n) is 7.20. The molecule has 34 heavy (non-hydrogen) atoms. The molecular weight excluding hydrogens is 479 g/mol. The summed E-state index contributed by atoms with van der Waals surface area (Å²) >= 11 is 0. The number of benzene rings is 2. The lowest BCUT2D eigenvalue weighted by atomic mass is 9.89. The average molecular weight is 494 g/mol. The van der Waals surface area contributed by atoms with E-state index >= 15 is 0 Å². The van der Waals surface area contributed by atoms with Crippen molar-refractivity contribution < 1.29 is 49.0 Å². The third kappa shape index (κ3) is 4.20. The first kappa shape index (κ1) is 25.4. The highest BCUT2D eigenvalue weighted by Crippen LogP contribution is 2.62.